The van der Waals surface area contributed by atoms with Crippen molar-refractivity contribution < 1.29 is 4.79 Å². The van der Waals surface area contributed by atoms with Gasteiger partial charge in [0.05, 0.1) is 12.1 Å². The molecule has 3 nitrogen and oxygen atoms in total. The lowest BCUT2D eigenvalue weighted by Crippen LogP contribution is -2.43. The molecular formula is C17H19BrN2O. The summed E-state index contributed by atoms with van der Waals surface area (Å²) in [6.45, 7) is 1.95. The molecule has 2 aromatic rings. The molecule has 0 heterocycles. The van der Waals surface area contributed by atoms with Crippen LogP contribution in [0.2, 0.25) is 0 Å². The Morgan fingerprint density at radius 2 is 1.76 bits per heavy atom. The molecule has 0 aliphatic carbocycles. The van der Waals surface area contributed by atoms with Gasteiger partial charge in [0, 0.05) is 4.47 Å². The first-order valence-corrected chi connectivity index (χ1v) is 7.71. The number of hydrogen-bond donors (Lipinski definition) is 2. The van der Waals surface area contributed by atoms with E-state index in [1.54, 1.807) is 0 Å². The number of carbonyl (C=O) groups is 1. The average Bonchev–Trinajstić information content (AvgIpc) is 2.48. The van der Waals surface area contributed by atoms with Gasteiger partial charge in [-0.3, -0.25) is 4.79 Å². The van der Waals surface area contributed by atoms with Crippen LogP contribution in [0.3, 0.4) is 0 Å². The van der Waals surface area contributed by atoms with E-state index in [1.165, 1.54) is 0 Å². The molecule has 2 rings (SSSR count). The zero-order valence-corrected chi connectivity index (χ0v) is 13.5. The van der Waals surface area contributed by atoms with Crippen LogP contribution in [0.1, 0.15) is 24.1 Å². The molecule has 110 valence electrons. The molecule has 0 aliphatic heterocycles. The Bertz CT molecular complexity index is 601. The van der Waals surface area contributed by atoms with Crippen molar-refractivity contribution in [3.63, 3.8) is 0 Å². The zero-order valence-electron chi connectivity index (χ0n) is 11.9. The van der Waals surface area contributed by atoms with Gasteiger partial charge in [0.2, 0.25) is 5.91 Å². The van der Waals surface area contributed by atoms with Gasteiger partial charge in [-0.15, -0.1) is 0 Å². The summed E-state index contributed by atoms with van der Waals surface area (Å²) >= 11 is 3.50. The lowest BCUT2D eigenvalue weighted by Gasteiger charge is -2.19. The number of hydrogen-bond acceptors (Lipinski definition) is 2. The van der Waals surface area contributed by atoms with Gasteiger partial charge in [-0.25, -0.2) is 0 Å². The van der Waals surface area contributed by atoms with Crippen LogP contribution in [-0.4, -0.2) is 11.9 Å². The van der Waals surface area contributed by atoms with Crippen molar-refractivity contribution in [1.82, 2.24) is 5.32 Å². The summed E-state index contributed by atoms with van der Waals surface area (Å²) in [4.78, 5) is 12.2. The standard InChI is InChI=1S/C17H19BrN2O/c1-12(14-9-5-6-10-15(14)18)20-17(21)16(19)11-13-7-3-2-4-8-13/h2-10,12,16H,11,19H2,1H3,(H,20,21)/t12?,16-/m1/s1. The number of carbonyl (C=O) groups excluding carboxylic acids is 1. The number of benzene rings is 2. The molecule has 3 N–H and O–H groups in total. The zero-order chi connectivity index (χ0) is 15.2. The fourth-order valence-corrected chi connectivity index (χ4v) is 2.81. The van der Waals surface area contributed by atoms with Crippen LogP contribution in [0.15, 0.2) is 59.1 Å². The number of halogens is 1. The van der Waals surface area contributed by atoms with Crippen molar-refractivity contribution in [2.45, 2.75) is 25.4 Å². The van der Waals surface area contributed by atoms with Crippen LogP contribution in [0.4, 0.5) is 0 Å². The van der Waals surface area contributed by atoms with E-state index in [4.69, 9.17) is 5.73 Å². The highest BCUT2D eigenvalue weighted by molar-refractivity contribution is 9.10. The van der Waals surface area contributed by atoms with Gasteiger partial charge in [0.1, 0.15) is 0 Å². The van der Waals surface area contributed by atoms with Crippen LogP contribution in [-0.2, 0) is 11.2 Å². The molecule has 0 fully saturated rings. The molecule has 0 saturated carbocycles. The smallest absolute Gasteiger partial charge is 0.237 e. The van der Waals surface area contributed by atoms with E-state index in [2.05, 4.69) is 21.2 Å². The second kappa shape index (κ2) is 7.38. The van der Waals surface area contributed by atoms with Crippen LogP contribution in [0.25, 0.3) is 0 Å². The Labute approximate surface area is 133 Å². The van der Waals surface area contributed by atoms with Gasteiger partial charge in [-0.05, 0) is 30.5 Å². The largest absolute Gasteiger partial charge is 0.348 e. The molecule has 0 aliphatic rings. The maximum Gasteiger partial charge on any atom is 0.237 e. The van der Waals surface area contributed by atoms with E-state index in [-0.39, 0.29) is 11.9 Å². The van der Waals surface area contributed by atoms with Crippen molar-refractivity contribution in [3.05, 3.63) is 70.2 Å². The van der Waals surface area contributed by atoms with E-state index < -0.39 is 6.04 Å². The third-order valence-electron chi connectivity index (χ3n) is 3.37. The summed E-state index contributed by atoms with van der Waals surface area (Å²) in [5.41, 5.74) is 8.09. The molecule has 2 aromatic carbocycles. The topological polar surface area (TPSA) is 55.1 Å². The normalized spacial score (nSPS) is 13.5. The lowest BCUT2D eigenvalue weighted by molar-refractivity contribution is -0.123. The van der Waals surface area contributed by atoms with Gasteiger partial charge in [0.25, 0.3) is 0 Å². The van der Waals surface area contributed by atoms with Crippen LogP contribution in [0, 0.1) is 0 Å². The minimum atomic E-state index is -0.544. The number of amides is 1. The molecular weight excluding hydrogens is 328 g/mol. The second-order valence-corrected chi connectivity index (χ2v) is 5.90. The maximum atomic E-state index is 12.2. The first-order chi connectivity index (χ1) is 10.1. The predicted molar refractivity (Wildman–Crippen MR) is 88.8 cm³/mol. The number of rotatable bonds is 5. The quantitative estimate of drug-likeness (QED) is 0.873. The molecule has 4 heteroatoms. The predicted octanol–water partition coefficient (Wildman–Crippen LogP) is 3.20. The van der Waals surface area contributed by atoms with Crippen LogP contribution < -0.4 is 11.1 Å². The third kappa shape index (κ3) is 4.41. The monoisotopic (exact) mass is 346 g/mol. The SMILES string of the molecule is CC(NC(=O)[C@H](N)Cc1ccccc1)c1ccccc1Br. The molecule has 0 radical (unpaired) electrons. The molecule has 21 heavy (non-hydrogen) atoms. The van der Waals surface area contributed by atoms with Crippen molar-refractivity contribution in [3.8, 4) is 0 Å². The molecule has 2 atom stereocenters. The van der Waals surface area contributed by atoms with Gasteiger partial charge >= 0.3 is 0 Å². The number of nitrogens with one attached hydrogen (secondary N) is 1. The van der Waals surface area contributed by atoms with Gasteiger partial charge < -0.3 is 11.1 Å². The summed E-state index contributed by atoms with van der Waals surface area (Å²) < 4.78 is 0.981. The van der Waals surface area contributed by atoms with Gasteiger partial charge in [0.15, 0.2) is 0 Å². The maximum absolute atomic E-state index is 12.2. The first-order valence-electron chi connectivity index (χ1n) is 6.92. The van der Waals surface area contributed by atoms with Crippen molar-refractivity contribution in [2.75, 3.05) is 0 Å². The van der Waals surface area contributed by atoms with E-state index in [0.29, 0.717) is 6.42 Å². The average molecular weight is 347 g/mol. The summed E-state index contributed by atoms with van der Waals surface area (Å²) in [5.74, 6) is -0.137. The Morgan fingerprint density at radius 1 is 1.14 bits per heavy atom. The molecule has 0 aromatic heterocycles. The molecule has 0 bridgehead atoms. The minimum Gasteiger partial charge on any atom is -0.348 e. The summed E-state index contributed by atoms with van der Waals surface area (Å²) in [5, 5.41) is 2.96. The van der Waals surface area contributed by atoms with E-state index >= 15 is 0 Å². The Kier molecular flexibility index (Phi) is 5.53. The van der Waals surface area contributed by atoms with Crippen LogP contribution in [0.5, 0.6) is 0 Å². The van der Waals surface area contributed by atoms with Crippen molar-refractivity contribution in [1.29, 1.82) is 0 Å². The van der Waals surface area contributed by atoms with Crippen LogP contribution >= 0.6 is 15.9 Å². The van der Waals surface area contributed by atoms with E-state index in [0.717, 1.165) is 15.6 Å². The van der Waals surface area contributed by atoms with E-state index in [1.807, 2.05) is 61.5 Å². The fourth-order valence-electron chi connectivity index (χ4n) is 2.19. The third-order valence-corrected chi connectivity index (χ3v) is 4.09. The molecule has 0 saturated heterocycles. The van der Waals surface area contributed by atoms with Crippen molar-refractivity contribution in [2.24, 2.45) is 5.73 Å². The molecule has 0 spiro atoms. The Balaban J connectivity index is 1.96. The molecule has 1 unspecified atom stereocenters. The van der Waals surface area contributed by atoms with E-state index in [9.17, 15) is 4.79 Å². The summed E-state index contributed by atoms with van der Waals surface area (Å²) in [6.07, 6.45) is 0.537. The highest BCUT2D eigenvalue weighted by atomic mass is 79.9. The summed E-state index contributed by atoms with van der Waals surface area (Å²) in [6, 6.07) is 17.0. The van der Waals surface area contributed by atoms with Gasteiger partial charge in [-0.2, -0.15) is 0 Å². The van der Waals surface area contributed by atoms with Gasteiger partial charge in [-0.1, -0.05) is 64.5 Å². The highest BCUT2D eigenvalue weighted by Crippen LogP contribution is 2.22. The number of nitrogens with two attached hydrogens (primary N) is 1. The lowest BCUT2D eigenvalue weighted by atomic mass is 10.0. The molecule has 1 amide bonds. The summed E-state index contributed by atoms with van der Waals surface area (Å²) in [7, 11) is 0. The first kappa shape index (κ1) is 15.7. The highest BCUT2D eigenvalue weighted by Gasteiger charge is 2.18. The Hall–Kier alpha value is -1.65. The fraction of sp³-hybridized carbons (Fsp3) is 0.235. The second-order valence-electron chi connectivity index (χ2n) is 5.05. The Morgan fingerprint density at radius 3 is 2.43 bits per heavy atom. The minimum absolute atomic E-state index is 0.0881. The van der Waals surface area contributed by atoms with Crippen molar-refractivity contribution >= 4 is 21.8 Å².